The lowest BCUT2D eigenvalue weighted by Gasteiger charge is -2.10. The molecule has 0 saturated carbocycles. The van der Waals surface area contributed by atoms with E-state index in [-0.39, 0.29) is 5.43 Å². The molecule has 2 nitrogen and oxygen atoms in total. The van der Waals surface area contributed by atoms with Gasteiger partial charge in [0.1, 0.15) is 0 Å². The quantitative estimate of drug-likeness (QED) is 0.688. The average Bonchev–Trinajstić information content (AvgIpc) is 2.53. The maximum atomic E-state index is 12.9. The maximum absolute atomic E-state index is 12.9. The molecule has 110 valence electrons. The molecule has 0 aliphatic heterocycles. The maximum Gasteiger partial charge on any atom is 0.197 e. The Morgan fingerprint density at radius 1 is 0.773 bits per heavy atom. The molecule has 0 aliphatic rings. The van der Waals surface area contributed by atoms with Crippen molar-refractivity contribution in [3.8, 4) is 22.3 Å². The molecule has 2 heteroatoms. The number of rotatable bonds is 2. The molecule has 0 amide bonds. The van der Waals surface area contributed by atoms with Gasteiger partial charge >= 0.3 is 0 Å². The predicted molar refractivity (Wildman–Crippen MR) is 92.0 cm³/mol. The number of benzene rings is 2. The van der Waals surface area contributed by atoms with Crippen LogP contribution in [0, 0.1) is 13.8 Å². The van der Waals surface area contributed by atoms with E-state index in [0.29, 0.717) is 0 Å². The van der Waals surface area contributed by atoms with Crippen molar-refractivity contribution in [2.24, 2.45) is 7.05 Å². The highest BCUT2D eigenvalue weighted by Crippen LogP contribution is 2.22. The van der Waals surface area contributed by atoms with Crippen LogP contribution in [0.25, 0.3) is 22.3 Å². The first kappa shape index (κ1) is 14.3. The van der Waals surface area contributed by atoms with Crippen molar-refractivity contribution in [2.75, 3.05) is 0 Å². The van der Waals surface area contributed by atoms with Gasteiger partial charge in [0.05, 0.1) is 0 Å². The van der Waals surface area contributed by atoms with Gasteiger partial charge in [-0.2, -0.15) is 0 Å². The van der Waals surface area contributed by atoms with Gasteiger partial charge in [0, 0.05) is 30.6 Å². The van der Waals surface area contributed by atoms with Crippen molar-refractivity contribution in [1.29, 1.82) is 0 Å². The second-order valence-electron chi connectivity index (χ2n) is 5.75. The summed E-state index contributed by atoms with van der Waals surface area (Å²) in [4.78, 5) is 12.9. The lowest BCUT2D eigenvalue weighted by molar-refractivity contribution is 0.904. The molecular formula is C20H19NO. The summed E-state index contributed by atoms with van der Waals surface area (Å²) in [6, 6.07) is 16.0. The highest BCUT2D eigenvalue weighted by molar-refractivity contribution is 5.72. The summed E-state index contributed by atoms with van der Waals surface area (Å²) < 4.78 is 1.95. The summed E-state index contributed by atoms with van der Waals surface area (Å²) in [5, 5.41) is 0. The van der Waals surface area contributed by atoms with E-state index in [2.05, 4.69) is 26.0 Å². The summed E-state index contributed by atoms with van der Waals surface area (Å²) in [6.45, 7) is 4.15. The van der Waals surface area contributed by atoms with Gasteiger partial charge in [-0.15, -0.1) is 0 Å². The monoisotopic (exact) mass is 289 g/mol. The third-order valence-electron chi connectivity index (χ3n) is 4.06. The van der Waals surface area contributed by atoms with Crippen LogP contribution < -0.4 is 5.43 Å². The third kappa shape index (κ3) is 2.60. The number of hydrogen-bond donors (Lipinski definition) is 0. The minimum Gasteiger partial charge on any atom is -0.356 e. The predicted octanol–water partition coefficient (Wildman–Crippen LogP) is 4.34. The Bertz CT molecular complexity index is 876. The van der Waals surface area contributed by atoms with Crippen LogP contribution >= 0.6 is 0 Å². The van der Waals surface area contributed by atoms with Gasteiger partial charge in [-0.3, -0.25) is 4.79 Å². The van der Waals surface area contributed by atoms with Crippen LogP contribution in [0.4, 0.5) is 0 Å². The summed E-state index contributed by atoms with van der Waals surface area (Å²) in [5.74, 6) is 0. The van der Waals surface area contributed by atoms with Crippen LogP contribution in [-0.2, 0) is 7.05 Å². The van der Waals surface area contributed by atoms with Crippen molar-refractivity contribution < 1.29 is 0 Å². The largest absolute Gasteiger partial charge is 0.356 e. The Labute approximate surface area is 130 Å². The van der Waals surface area contributed by atoms with Crippen LogP contribution in [0.2, 0.25) is 0 Å². The van der Waals surface area contributed by atoms with E-state index in [1.807, 2.05) is 60.4 Å². The Hall–Kier alpha value is -2.61. The van der Waals surface area contributed by atoms with E-state index in [1.165, 1.54) is 11.1 Å². The molecule has 0 atom stereocenters. The SMILES string of the molecule is Cc1ccc(-c2cn(C)cc(-c3ccccc3)c2=O)cc1C. The summed E-state index contributed by atoms with van der Waals surface area (Å²) in [6.07, 6.45) is 3.79. The molecule has 2 aromatic carbocycles. The van der Waals surface area contributed by atoms with E-state index in [9.17, 15) is 4.79 Å². The average molecular weight is 289 g/mol. The normalized spacial score (nSPS) is 10.7. The summed E-state index contributed by atoms with van der Waals surface area (Å²) >= 11 is 0. The number of nitrogens with zero attached hydrogens (tertiary/aromatic N) is 1. The molecule has 22 heavy (non-hydrogen) atoms. The molecular weight excluding hydrogens is 270 g/mol. The number of aryl methyl sites for hydroxylation is 3. The van der Waals surface area contributed by atoms with Crippen LogP contribution in [0.15, 0.2) is 65.7 Å². The Balaban J connectivity index is 2.23. The van der Waals surface area contributed by atoms with Gasteiger partial charge in [-0.1, -0.05) is 48.5 Å². The molecule has 0 bridgehead atoms. The van der Waals surface area contributed by atoms with Gasteiger partial charge in [0.2, 0.25) is 0 Å². The second kappa shape index (κ2) is 5.64. The Morgan fingerprint density at radius 3 is 2.05 bits per heavy atom. The highest BCUT2D eigenvalue weighted by atomic mass is 16.1. The minimum absolute atomic E-state index is 0.0764. The molecule has 0 unspecified atom stereocenters. The van der Waals surface area contributed by atoms with Gasteiger partial charge < -0.3 is 4.57 Å². The van der Waals surface area contributed by atoms with Crippen molar-refractivity contribution in [3.05, 3.63) is 82.3 Å². The highest BCUT2D eigenvalue weighted by Gasteiger charge is 2.11. The van der Waals surface area contributed by atoms with Crippen molar-refractivity contribution in [1.82, 2.24) is 4.57 Å². The molecule has 0 fully saturated rings. The van der Waals surface area contributed by atoms with E-state index in [4.69, 9.17) is 0 Å². The second-order valence-corrected chi connectivity index (χ2v) is 5.75. The molecule has 3 rings (SSSR count). The first-order valence-corrected chi connectivity index (χ1v) is 7.39. The van der Waals surface area contributed by atoms with Crippen LogP contribution in [-0.4, -0.2) is 4.57 Å². The lowest BCUT2D eigenvalue weighted by Crippen LogP contribution is -2.11. The molecule has 1 aromatic heterocycles. The Morgan fingerprint density at radius 2 is 1.41 bits per heavy atom. The fraction of sp³-hybridized carbons (Fsp3) is 0.150. The Kier molecular flexibility index (Phi) is 3.68. The zero-order chi connectivity index (χ0) is 15.7. The molecule has 0 radical (unpaired) electrons. The van der Waals surface area contributed by atoms with Gasteiger partial charge in [-0.05, 0) is 36.1 Å². The first-order chi connectivity index (χ1) is 10.6. The molecule has 0 saturated heterocycles. The summed E-state index contributed by atoms with van der Waals surface area (Å²) in [5.41, 5.74) is 5.91. The topological polar surface area (TPSA) is 22.0 Å². The van der Waals surface area contributed by atoms with Crippen LogP contribution in [0.5, 0.6) is 0 Å². The number of aromatic nitrogens is 1. The third-order valence-corrected chi connectivity index (χ3v) is 4.06. The minimum atomic E-state index is 0.0764. The molecule has 0 N–H and O–H groups in total. The van der Waals surface area contributed by atoms with Crippen molar-refractivity contribution >= 4 is 0 Å². The number of hydrogen-bond acceptors (Lipinski definition) is 1. The fourth-order valence-electron chi connectivity index (χ4n) is 2.64. The molecule has 0 aliphatic carbocycles. The zero-order valence-corrected chi connectivity index (χ0v) is 13.1. The smallest absolute Gasteiger partial charge is 0.197 e. The van der Waals surface area contributed by atoms with Crippen LogP contribution in [0.3, 0.4) is 0 Å². The van der Waals surface area contributed by atoms with Gasteiger partial charge in [-0.25, -0.2) is 0 Å². The van der Waals surface area contributed by atoms with Crippen LogP contribution in [0.1, 0.15) is 11.1 Å². The van der Waals surface area contributed by atoms with E-state index >= 15 is 0 Å². The standard InChI is InChI=1S/C20H19NO/c1-14-9-10-17(11-15(14)2)19-13-21(3)12-18(20(19)22)16-7-5-4-6-8-16/h4-13H,1-3H3. The fourth-order valence-corrected chi connectivity index (χ4v) is 2.64. The van der Waals surface area contributed by atoms with E-state index in [0.717, 1.165) is 22.3 Å². The number of pyridine rings is 1. The van der Waals surface area contributed by atoms with E-state index in [1.54, 1.807) is 0 Å². The van der Waals surface area contributed by atoms with Gasteiger partial charge in [0.15, 0.2) is 5.43 Å². The van der Waals surface area contributed by atoms with Crippen molar-refractivity contribution in [2.45, 2.75) is 13.8 Å². The zero-order valence-electron chi connectivity index (χ0n) is 13.1. The molecule has 3 aromatic rings. The molecule has 1 heterocycles. The van der Waals surface area contributed by atoms with Crippen molar-refractivity contribution in [3.63, 3.8) is 0 Å². The van der Waals surface area contributed by atoms with E-state index < -0.39 is 0 Å². The lowest BCUT2D eigenvalue weighted by atomic mass is 9.98. The first-order valence-electron chi connectivity index (χ1n) is 7.39. The summed E-state index contributed by atoms with van der Waals surface area (Å²) in [7, 11) is 1.95. The van der Waals surface area contributed by atoms with Gasteiger partial charge in [0.25, 0.3) is 0 Å². The molecule has 0 spiro atoms.